The van der Waals surface area contributed by atoms with Crippen LogP contribution in [0.1, 0.15) is 40.2 Å². The molecular weight excluding hydrogens is 328 g/mol. The number of likely N-dealkylation sites (N-methyl/N-ethyl adjacent to an activating group) is 1. The van der Waals surface area contributed by atoms with Gasteiger partial charge in [-0.1, -0.05) is 18.2 Å². The minimum atomic E-state index is -0.247. The first-order valence-corrected chi connectivity index (χ1v) is 9.15. The summed E-state index contributed by atoms with van der Waals surface area (Å²) in [6, 6.07) is 7.94. The summed E-state index contributed by atoms with van der Waals surface area (Å²) in [5.74, 6) is 1.53. The summed E-state index contributed by atoms with van der Waals surface area (Å²) in [6.07, 6.45) is -0.0680. The molecule has 0 bridgehead atoms. The molecule has 0 aromatic heterocycles. The van der Waals surface area contributed by atoms with Gasteiger partial charge in [-0.2, -0.15) is 0 Å². The van der Waals surface area contributed by atoms with Crippen LogP contribution < -0.4 is 15.4 Å². The van der Waals surface area contributed by atoms with Crippen molar-refractivity contribution in [2.24, 2.45) is 4.99 Å². The van der Waals surface area contributed by atoms with E-state index in [1.165, 1.54) is 0 Å². The molecule has 1 rings (SSSR count). The number of hydrogen-bond acceptors (Lipinski definition) is 3. The van der Waals surface area contributed by atoms with Crippen LogP contribution in [0.2, 0.25) is 0 Å². The summed E-state index contributed by atoms with van der Waals surface area (Å²) in [4.78, 5) is 18.6. The normalized spacial score (nSPS) is 13.1. The van der Waals surface area contributed by atoms with Crippen molar-refractivity contribution in [2.75, 3.05) is 26.7 Å². The maximum absolute atomic E-state index is 12.1. The molecule has 0 aliphatic carbocycles. The number of aryl methyl sites for hydroxylation is 1. The minimum absolute atomic E-state index is 0.0326. The van der Waals surface area contributed by atoms with Crippen molar-refractivity contribution >= 4 is 11.9 Å². The molecule has 1 aromatic rings. The molecule has 6 nitrogen and oxygen atoms in total. The first-order valence-electron chi connectivity index (χ1n) is 9.15. The molecule has 1 aromatic carbocycles. The number of amides is 1. The van der Waals surface area contributed by atoms with Gasteiger partial charge in [0.15, 0.2) is 5.96 Å². The summed E-state index contributed by atoms with van der Waals surface area (Å²) in [5, 5.41) is 6.18. The minimum Gasteiger partial charge on any atom is -0.489 e. The molecule has 26 heavy (non-hydrogen) atoms. The lowest BCUT2D eigenvalue weighted by atomic mass is 10.1. The van der Waals surface area contributed by atoms with Crippen LogP contribution in [-0.2, 0) is 4.79 Å². The lowest BCUT2D eigenvalue weighted by Crippen LogP contribution is -2.49. The van der Waals surface area contributed by atoms with Gasteiger partial charge in [-0.15, -0.1) is 0 Å². The van der Waals surface area contributed by atoms with E-state index < -0.39 is 0 Å². The van der Waals surface area contributed by atoms with Crippen molar-refractivity contribution in [3.05, 3.63) is 29.8 Å². The second-order valence-corrected chi connectivity index (χ2v) is 7.54. The van der Waals surface area contributed by atoms with E-state index in [0.29, 0.717) is 12.5 Å². The molecular formula is C20H34N4O2. The van der Waals surface area contributed by atoms with Gasteiger partial charge in [0, 0.05) is 19.1 Å². The molecule has 0 radical (unpaired) electrons. The average molecular weight is 363 g/mol. The quantitative estimate of drug-likeness (QED) is 0.578. The van der Waals surface area contributed by atoms with E-state index in [0.717, 1.165) is 17.9 Å². The standard InChI is InChI=1S/C20H34N4O2/c1-8-21-19(24(7)14-18(25)23-20(4,5)6)22-13-16(3)26-17-12-10-9-11-15(17)2/h9-12,16H,8,13-14H2,1-7H3,(H,21,22)(H,23,25). The van der Waals surface area contributed by atoms with E-state index in [1.807, 2.05) is 77.8 Å². The number of guanidine groups is 1. The summed E-state index contributed by atoms with van der Waals surface area (Å²) in [5.41, 5.74) is 0.856. The Morgan fingerprint density at radius 2 is 1.96 bits per heavy atom. The average Bonchev–Trinajstić information content (AvgIpc) is 2.51. The predicted octanol–water partition coefficient (Wildman–Crippen LogP) is 2.57. The lowest BCUT2D eigenvalue weighted by Gasteiger charge is -2.25. The fourth-order valence-electron chi connectivity index (χ4n) is 2.38. The predicted molar refractivity (Wildman–Crippen MR) is 108 cm³/mol. The molecule has 0 saturated carbocycles. The third kappa shape index (κ3) is 8.23. The highest BCUT2D eigenvalue weighted by atomic mass is 16.5. The highest BCUT2D eigenvalue weighted by Crippen LogP contribution is 2.17. The molecule has 0 heterocycles. The summed E-state index contributed by atoms with van der Waals surface area (Å²) < 4.78 is 5.97. The Balaban J connectivity index is 2.66. The van der Waals surface area contributed by atoms with Crippen molar-refractivity contribution in [1.82, 2.24) is 15.5 Å². The van der Waals surface area contributed by atoms with Crippen LogP contribution in [-0.4, -0.2) is 55.1 Å². The van der Waals surface area contributed by atoms with Crippen molar-refractivity contribution in [3.8, 4) is 5.75 Å². The summed E-state index contributed by atoms with van der Waals surface area (Å²) >= 11 is 0. The van der Waals surface area contributed by atoms with E-state index in [9.17, 15) is 4.79 Å². The molecule has 146 valence electrons. The van der Waals surface area contributed by atoms with Gasteiger partial charge in [0.1, 0.15) is 11.9 Å². The summed E-state index contributed by atoms with van der Waals surface area (Å²) in [6.45, 7) is 13.4. The molecule has 1 unspecified atom stereocenters. The van der Waals surface area contributed by atoms with Gasteiger partial charge in [-0.05, 0) is 53.2 Å². The van der Waals surface area contributed by atoms with Gasteiger partial charge in [0.25, 0.3) is 0 Å². The largest absolute Gasteiger partial charge is 0.489 e. The van der Waals surface area contributed by atoms with E-state index in [2.05, 4.69) is 15.6 Å². The lowest BCUT2D eigenvalue weighted by molar-refractivity contribution is -0.122. The van der Waals surface area contributed by atoms with Gasteiger partial charge in [0.05, 0.1) is 13.1 Å². The van der Waals surface area contributed by atoms with Crippen LogP contribution in [0, 0.1) is 6.92 Å². The van der Waals surface area contributed by atoms with E-state index in [4.69, 9.17) is 4.74 Å². The van der Waals surface area contributed by atoms with Crippen molar-refractivity contribution in [3.63, 3.8) is 0 Å². The van der Waals surface area contributed by atoms with Crippen LogP contribution in [0.3, 0.4) is 0 Å². The molecule has 1 amide bonds. The molecule has 0 aliphatic rings. The second-order valence-electron chi connectivity index (χ2n) is 7.54. The SMILES string of the molecule is CCNC(=NCC(C)Oc1ccccc1C)N(C)CC(=O)NC(C)(C)C. The van der Waals surface area contributed by atoms with Gasteiger partial charge < -0.3 is 20.3 Å². The Bertz CT molecular complexity index is 608. The zero-order valence-electron chi connectivity index (χ0n) is 17.2. The van der Waals surface area contributed by atoms with E-state index >= 15 is 0 Å². The van der Waals surface area contributed by atoms with Crippen molar-refractivity contribution in [1.29, 1.82) is 0 Å². The molecule has 0 aliphatic heterocycles. The smallest absolute Gasteiger partial charge is 0.240 e. The second kappa shape index (κ2) is 10.0. The number of benzene rings is 1. The molecule has 6 heteroatoms. The maximum atomic E-state index is 12.1. The monoisotopic (exact) mass is 362 g/mol. The molecule has 0 saturated heterocycles. The fraction of sp³-hybridized carbons (Fsp3) is 0.600. The van der Waals surface area contributed by atoms with Crippen molar-refractivity contribution < 1.29 is 9.53 Å². The number of hydrogen-bond donors (Lipinski definition) is 2. The molecule has 0 spiro atoms. The number of para-hydroxylation sites is 1. The summed E-state index contributed by atoms with van der Waals surface area (Å²) in [7, 11) is 1.86. The maximum Gasteiger partial charge on any atom is 0.240 e. The van der Waals surface area contributed by atoms with Gasteiger partial charge >= 0.3 is 0 Å². The topological polar surface area (TPSA) is 66.0 Å². The highest BCUT2D eigenvalue weighted by Gasteiger charge is 2.17. The Kier molecular flexibility index (Phi) is 8.42. The van der Waals surface area contributed by atoms with E-state index in [-0.39, 0.29) is 24.1 Å². The van der Waals surface area contributed by atoms with Crippen LogP contribution in [0.5, 0.6) is 5.75 Å². The zero-order valence-corrected chi connectivity index (χ0v) is 17.2. The Morgan fingerprint density at radius 1 is 1.31 bits per heavy atom. The number of rotatable bonds is 7. The Morgan fingerprint density at radius 3 is 2.54 bits per heavy atom. The first-order chi connectivity index (χ1) is 12.1. The highest BCUT2D eigenvalue weighted by molar-refractivity contribution is 5.86. The third-order valence-electron chi connectivity index (χ3n) is 3.51. The Labute approximate surface area is 158 Å². The number of aliphatic imine (C=N–C) groups is 1. The van der Waals surface area contributed by atoms with Crippen LogP contribution >= 0.6 is 0 Å². The first kappa shape index (κ1) is 21.8. The molecule has 2 N–H and O–H groups in total. The third-order valence-corrected chi connectivity index (χ3v) is 3.51. The van der Waals surface area contributed by atoms with Crippen LogP contribution in [0.25, 0.3) is 0 Å². The van der Waals surface area contributed by atoms with Crippen molar-refractivity contribution in [2.45, 2.75) is 53.2 Å². The Hall–Kier alpha value is -2.24. The number of ether oxygens (including phenoxy) is 1. The number of nitrogens with one attached hydrogen (secondary N) is 2. The van der Waals surface area contributed by atoms with Crippen LogP contribution in [0.15, 0.2) is 29.3 Å². The number of carbonyl (C=O) groups is 1. The number of nitrogens with zero attached hydrogens (tertiary/aromatic N) is 2. The van der Waals surface area contributed by atoms with Crippen LogP contribution in [0.4, 0.5) is 0 Å². The van der Waals surface area contributed by atoms with Gasteiger partial charge in [-0.3, -0.25) is 4.79 Å². The van der Waals surface area contributed by atoms with Gasteiger partial charge in [-0.25, -0.2) is 4.99 Å². The fourth-order valence-corrected chi connectivity index (χ4v) is 2.38. The van der Waals surface area contributed by atoms with Gasteiger partial charge in [0.2, 0.25) is 5.91 Å². The number of carbonyl (C=O) groups excluding carboxylic acids is 1. The molecule has 0 fully saturated rings. The molecule has 1 atom stereocenters. The van der Waals surface area contributed by atoms with E-state index in [1.54, 1.807) is 0 Å². The zero-order chi connectivity index (χ0) is 19.7.